The minimum absolute atomic E-state index is 0.300. The number of amides is 1. The normalized spacial score (nSPS) is 17.8. The van der Waals surface area contributed by atoms with Gasteiger partial charge in [-0.15, -0.1) is 11.3 Å². The van der Waals surface area contributed by atoms with Gasteiger partial charge in [0.25, 0.3) is 5.91 Å². The Morgan fingerprint density at radius 2 is 1.80 bits per heavy atom. The van der Waals surface area contributed by atoms with E-state index in [2.05, 4.69) is 31.7 Å². The number of aromatic nitrogens is 1. The van der Waals surface area contributed by atoms with Gasteiger partial charge in [-0.3, -0.25) is 19.9 Å². The number of aliphatic carboxylic acids is 1. The van der Waals surface area contributed by atoms with Crippen molar-refractivity contribution in [3.8, 4) is 0 Å². The number of nitrogens with zero attached hydrogens (tertiary/aromatic N) is 2. The number of rotatable bonds is 9. The molecule has 4 rings (SSSR count). The van der Waals surface area contributed by atoms with Crippen molar-refractivity contribution >= 4 is 39.1 Å². The van der Waals surface area contributed by atoms with Gasteiger partial charge in [-0.2, -0.15) is 0 Å². The number of nitrogens with one attached hydrogen (secondary N) is 2. The molecule has 0 saturated carbocycles. The SMILES string of the molecule is COC(c1nc(Br)cs1)C(NC(c1ccccc1)c1ccccc1)C(=O)N1CCC[C@@H](C(=O)O)N1. The molecular formula is C25H27BrN4O4S. The lowest BCUT2D eigenvalue weighted by molar-refractivity contribution is -0.149. The molecule has 1 fully saturated rings. The second kappa shape index (κ2) is 11.9. The van der Waals surface area contributed by atoms with Crippen LogP contribution in [-0.4, -0.2) is 52.7 Å². The summed E-state index contributed by atoms with van der Waals surface area (Å²) in [6, 6.07) is 17.8. The van der Waals surface area contributed by atoms with Crippen LogP contribution in [0.15, 0.2) is 70.6 Å². The van der Waals surface area contributed by atoms with E-state index in [0.717, 1.165) is 11.1 Å². The number of hydrogen-bond acceptors (Lipinski definition) is 7. The zero-order valence-electron chi connectivity index (χ0n) is 19.1. The number of benzene rings is 2. The topological polar surface area (TPSA) is 104 Å². The van der Waals surface area contributed by atoms with Gasteiger partial charge in [-0.25, -0.2) is 10.4 Å². The van der Waals surface area contributed by atoms with Crippen LogP contribution in [0.25, 0.3) is 0 Å². The first-order valence-electron chi connectivity index (χ1n) is 11.3. The highest BCUT2D eigenvalue weighted by Crippen LogP contribution is 2.31. The molecule has 1 aromatic heterocycles. The van der Waals surface area contributed by atoms with Crippen molar-refractivity contribution in [3.05, 3.63) is 86.8 Å². The molecule has 35 heavy (non-hydrogen) atoms. The zero-order chi connectivity index (χ0) is 24.8. The highest BCUT2D eigenvalue weighted by molar-refractivity contribution is 9.10. The molecule has 1 aliphatic rings. The quantitative estimate of drug-likeness (QED) is 0.365. The summed E-state index contributed by atoms with van der Waals surface area (Å²) >= 11 is 4.78. The van der Waals surface area contributed by atoms with E-state index < -0.39 is 24.2 Å². The van der Waals surface area contributed by atoms with E-state index in [1.54, 1.807) is 7.11 Å². The largest absolute Gasteiger partial charge is 0.480 e. The Kier molecular flexibility index (Phi) is 8.64. The second-order valence-electron chi connectivity index (χ2n) is 8.22. The van der Waals surface area contributed by atoms with Crippen molar-refractivity contribution in [1.82, 2.24) is 20.7 Å². The summed E-state index contributed by atoms with van der Waals surface area (Å²) in [5.74, 6) is -1.28. The van der Waals surface area contributed by atoms with Gasteiger partial charge in [0, 0.05) is 19.0 Å². The van der Waals surface area contributed by atoms with Crippen molar-refractivity contribution in [2.24, 2.45) is 0 Å². The van der Waals surface area contributed by atoms with Crippen LogP contribution in [0.5, 0.6) is 0 Å². The molecule has 3 N–H and O–H groups in total. The molecule has 2 unspecified atom stereocenters. The lowest BCUT2D eigenvalue weighted by Gasteiger charge is -2.37. The first-order valence-corrected chi connectivity index (χ1v) is 12.9. The molecule has 8 nitrogen and oxygen atoms in total. The molecule has 3 atom stereocenters. The maximum Gasteiger partial charge on any atom is 0.322 e. The van der Waals surface area contributed by atoms with Crippen LogP contribution < -0.4 is 10.7 Å². The highest BCUT2D eigenvalue weighted by Gasteiger charge is 2.39. The smallest absolute Gasteiger partial charge is 0.322 e. The minimum Gasteiger partial charge on any atom is -0.480 e. The van der Waals surface area contributed by atoms with Gasteiger partial charge in [-0.1, -0.05) is 60.7 Å². The number of carbonyl (C=O) groups is 2. The molecule has 0 aliphatic carbocycles. The Labute approximate surface area is 216 Å². The average Bonchev–Trinajstić information content (AvgIpc) is 3.33. The molecule has 0 spiro atoms. The second-order valence-corrected chi connectivity index (χ2v) is 9.92. The van der Waals surface area contributed by atoms with E-state index in [1.165, 1.54) is 16.3 Å². The van der Waals surface area contributed by atoms with Gasteiger partial charge in [-0.05, 0) is 39.9 Å². The van der Waals surface area contributed by atoms with Gasteiger partial charge in [0.2, 0.25) is 0 Å². The summed E-state index contributed by atoms with van der Waals surface area (Å²) in [5, 5.41) is 16.9. The predicted octanol–water partition coefficient (Wildman–Crippen LogP) is 3.92. The van der Waals surface area contributed by atoms with Crippen molar-refractivity contribution in [3.63, 3.8) is 0 Å². The Morgan fingerprint density at radius 1 is 1.17 bits per heavy atom. The minimum atomic E-state index is -0.981. The Hall–Kier alpha value is -2.63. The number of carbonyl (C=O) groups excluding carboxylic acids is 1. The number of halogens is 1. The van der Waals surface area contributed by atoms with E-state index in [-0.39, 0.29) is 11.9 Å². The van der Waals surface area contributed by atoms with Crippen molar-refractivity contribution < 1.29 is 19.4 Å². The lowest BCUT2D eigenvalue weighted by atomic mass is 9.96. The third kappa shape index (κ3) is 6.14. The monoisotopic (exact) mass is 558 g/mol. The predicted molar refractivity (Wildman–Crippen MR) is 137 cm³/mol. The van der Waals surface area contributed by atoms with E-state index in [9.17, 15) is 14.7 Å². The van der Waals surface area contributed by atoms with Crippen LogP contribution >= 0.6 is 27.3 Å². The van der Waals surface area contributed by atoms with Crippen LogP contribution in [-0.2, 0) is 14.3 Å². The number of hydrogen-bond donors (Lipinski definition) is 3. The van der Waals surface area contributed by atoms with E-state index in [0.29, 0.717) is 29.0 Å². The van der Waals surface area contributed by atoms with E-state index in [4.69, 9.17) is 4.74 Å². The molecule has 2 heterocycles. The standard InChI is InChI=1S/C25H27BrN4O4S/c1-34-22(23-27-19(26)15-35-23)21(24(31)30-14-8-13-18(29-30)25(32)33)28-20(16-9-4-2-5-10-16)17-11-6-3-7-12-17/h2-7,9-12,15,18,20-22,28-29H,8,13-14H2,1H3,(H,32,33)/t18-,21?,22?/m0/s1. The van der Waals surface area contributed by atoms with E-state index in [1.807, 2.05) is 66.0 Å². The third-order valence-corrected chi connectivity index (χ3v) is 7.54. The summed E-state index contributed by atoms with van der Waals surface area (Å²) in [6.45, 7) is 0.403. The summed E-state index contributed by atoms with van der Waals surface area (Å²) in [6.07, 6.45) is 0.353. The van der Waals surface area contributed by atoms with Crippen LogP contribution in [0.2, 0.25) is 0 Å². The van der Waals surface area contributed by atoms with Crippen LogP contribution in [0.1, 0.15) is 41.1 Å². The lowest BCUT2D eigenvalue weighted by Crippen LogP contribution is -2.60. The first-order chi connectivity index (χ1) is 17.0. The van der Waals surface area contributed by atoms with Crippen LogP contribution in [0.4, 0.5) is 0 Å². The van der Waals surface area contributed by atoms with Gasteiger partial charge >= 0.3 is 5.97 Å². The maximum atomic E-state index is 13.9. The van der Waals surface area contributed by atoms with Gasteiger partial charge < -0.3 is 9.84 Å². The van der Waals surface area contributed by atoms with E-state index >= 15 is 0 Å². The Morgan fingerprint density at radius 3 is 2.31 bits per heavy atom. The molecule has 184 valence electrons. The Balaban J connectivity index is 1.72. The van der Waals surface area contributed by atoms with Crippen molar-refractivity contribution in [2.45, 2.75) is 37.1 Å². The summed E-state index contributed by atoms with van der Waals surface area (Å²) < 4.78 is 6.51. The Bertz CT molecular complexity index is 1090. The fourth-order valence-corrected chi connectivity index (χ4v) is 5.59. The summed E-state index contributed by atoms with van der Waals surface area (Å²) in [5.41, 5.74) is 4.86. The molecule has 3 aromatic rings. The summed E-state index contributed by atoms with van der Waals surface area (Å²) in [7, 11) is 1.55. The third-order valence-electron chi connectivity index (χ3n) is 5.92. The first kappa shape index (κ1) is 25.5. The molecule has 1 amide bonds. The number of methoxy groups -OCH3 is 1. The molecular weight excluding hydrogens is 532 g/mol. The highest BCUT2D eigenvalue weighted by atomic mass is 79.9. The maximum absolute atomic E-state index is 13.9. The van der Waals surface area contributed by atoms with Gasteiger partial charge in [0.1, 0.15) is 27.8 Å². The zero-order valence-corrected chi connectivity index (χ0v) is 21.5. The fourth-order valence-electron chi connectivity index (χ4n) is 4.21. The van der Waals surface area contributed by atoms with Gasteiger partial charge in [0.15, 0.2) is 0 Å². The number of hydrazine groups is 1. The molecule has 2 aromatic carbocycles. The number of carboxylic acids is 1. The fraction of sp³-hybridized carbons (Fsp3) is 0.320. The molecule has 0 bridgehead atoms. The summed E-state index contributed by atoms with van der Waals surface area (Å²) in [4.78, 5) is 30.0. The van der Waals surface area contributed by atoms with Crippen LogP contribution in [0, 0.1) is 0 Å². The van der Waals surface area contributed by atoms with Crippen LogP contribution in [0.3, 0.4) is 0 Å². The number of carboxylic acid groups (broad SMARTS) is 1. The average molecular weight is 559 g/mol. The molecule has 0 radical (unpaired) electrons. The molecule has 1 saturated heterocycles. The van der Waals surface area contributed by atoms with Crippen molar-refractivity contribution in [2.75, 3.05) is 13.7 Å². The van der Waals surface area contributed by atoms with Crippen molar-refractivity contribution in [1.29, 1.82) is 0 Å². The molecule has 1 aliphatic heterocycles. The number of ether oxygens (including phenoxy) is 1. The van der Waals surface area contributed by atoms with Gasteiger partial charge in [0.05, 0.1) is 6.04 Å². The number of thiazole rings is 1. The molecule has 10 heteroatoms.